The molecule has 0 heterocycles. The van der Waals surface area contributed by atoms with Crippen LogP contribution in [0.25, 0.3) is 0 Å². The van der Waals surface area contributed by atoms with Gasteiger partial charge in [-0.3, -0.25) is 9.63 Å². The van der Waals surface area contributed by atoms with Gasteiger partial charge in [0.1, 0.15) is 0 Å². The number of amides is 1. The van der Waals surface area contributed by atoms with Gasteiger partial charge in [-0.15, -0.1) is 0 Å². The average Bonchev–Trinajstić information content (AvgIpc) is 2.34. The molecule has 0 unspecified atom stereocenters. The Morgan fingerprint density at radius 3 is 2.32 bits per heavy atom. The predicted molar refractivity (Wildman–Crippen MR) is 71.7 cm³/mol. The Hall–Kier alpha value is -1.66. The molecule has 1 aromatic rings. The Bertz CT molecular complexity index is 556. The van der Waals surface area contributed by atoms with Crippen molar-refractivity contribution in [1.29, 1.82) is 0 Å². The van der Waals surface area contributed by atoms with Crippen LogP contribution in [0.5, 0.6) is 0 Å². The van der Waals surface area contributed by atoms with E-state index in [-0.39, 0.29) is 4.90 Å². The summed E-state index contributed by atoms with van der Waals surface area (Å²) >= 11 is 0. The van der Waals surface area contributed by atoms with Crippen molar-refractivity contribution in [3.05, 3.63) is 41.8 Å². The van der Waals surface area contributed by atoms with E-state index in [1.165, 1.54) is 12.1 Å². The largest absolute Gasteiger partial charge is 0.268 e. The highest BCUT2D eigenvalue weighted by molar-refractivity contribution is 7.94. The van der Waals surface area contributed by atoms with Crippen LogP contribution in [-0.2, 0) is 19.5 Å². The molecule has 1 rings (SSSR count). The molecule has 0 saturated heterocycles. The van der Waals surface area contributed by atoms with E-state index in [0.717, 1.165) is 11.5 Å². The smallest absolute Gasteiger partial charge is 0.268 e. The van der Waals surface area contributed by atoms with Crippen molar-refractivity contribution in [2.45, 2.75) is 31.3 Å². The molecule has 5 nitrogen and oxygen atoms in total. The molecule has 0 atom stereocenters. The highest BCUT2D eigenvalue weighted by Gasteiger charge is 2.13. The second-order valence-electron chi connectivity index (χ2n) is 4.84. The van der Waals surface area contributed by atoms with Crippen LogP contribution in [0.1, 0.15) is 20.8 Å². The minimum absolute atomic E-state index is 0.135. The van der Waals surface area contributed by atoms with E-state index >= 15 is 0 Å². The van der Waals surface area contributed by atoms with E-state index in [1.807, 2.05) is 0 Å². The van der Waals surface area contributed by atoms with Crippen molar-refractivity contribution >= 4 is 15.7 Å². The first-order valence-electron chi connectivity index (χ1n) is 5.67. The van der Waals surface area contributed by atoms with Gasteiger partial charge in [0.2, 0.25) is 0 Å². The Morgan fingerprint density at radius 1 is 1.21 bits per heavy atom. The summed E-state index contributed by atoms with van der Waals surface area (Å²) in [7, 11) is -3.61. The second kappa shape index (κ2) is 5.99. The molecule has 0 aliphatic heterocycles. The van der Waals surface area contributed by atoms with Gasteiger partial charge in [-0.25, -0.2) is 13.9 Å². The lowest BCUT2D eigenvalue weighted by Gasteiger charge is -2.17. The molecule has 1 aromatic carbocycles. The van der Waals surface area contributed by atoms with Gasteiger partial charge in [-0.05, 0) is 32.9 Å². The molecule has 0 spiro atoms. The van der Waals surface area contributed by atoms with Crippen LogP contribution in [0.15, 0.2) is 46.7 Å². The number of rotatable bonds is 4. The van der Waals surface area contributed by atoms with Crippen molar-refractivity contribution < 1.29 is 18.0 Å². The van der Waals surface area contributed by atoms with Gasteiger partial charge in [0.15, 0.2) is 9.84 Å². The zero-order chi connectivity index (χ0) is 14.5. The fourth-order valence-corrected chi connectivity index (χ4v) is 2.07. The Morgan fingerprint density at radius 2 is 1.79 bits per heavy atom. The van der Waals surface area contributed by atoms with Crippen molar-refractivity contribution in [2.75, 3.05) is 0 Å². The number of hydrogen-bond donors (Lipinski definition) is 1. The number of hydrogen-bond acceptors (Lipinski definition) is 4. The first kappa shape index (κ1) is 15.4. The lowest BCUT2D eigenvalue weighted by Crippen LogP contribution is -2.32. The third kappa shape index (κ3) is 5.67. The molecule has 0 bridgehead atoms. The van der Waals surface area contributed by atoms with Gasteiger partial charge in [0.25, 0.3) is 5.91 Å². The number of nitrogens with one attached hydrogen (secondary N) is 1. The Kier molecular flexibility index (Phi) is 4.85. The zero-order valence-corrected chi connectivity index (χ0v) is 11.9. The molecule has 0 radical (unpaired) electrons. The molecule has 1 N–H and O–H groups in total. The van der Waals surface area contributed by atoms with Crippen molar-refractivity contribution in [3.8, 4) is 0 Å². The highest BCUT2D eigenvalue weighted by Crippen LogP contribution is 2.11. The summed E-state index contributed by atoms with van der Waals surface area (Å²) in [4.78, 5) is 16.5. The first-order valence-corrected chi connectivity index (χ1v) is 7.21. The van der Waals surface area contributed by atoms with Crippen LogP contribution >= 0.6 is 0 Å². The van der Waals surface area contributed by atoms with Crippen LogP contribution in [0.2, 0.25) is 0 Å². The Balaban J connectivity index is 2.69. The van der Waals surface area contributed by atoms with Crippen molar-refractivity contribution in [1.82, 2.24) is 5.48 Å². The van der Waals surface area contributed by atoms with E-state index in [4.69, 9.17) is 4.84 Å². The molecule has 0 aromatic heterocycles. The summed E-state index contributed by atoms with van der Waals surface area (Å²) in [6.45, 7) is 5.28. The number of sulfone groups is 1. The summed E-state index contributed by atoms with van der Waals surface area (Å²) in [5.74, 6) is -0.630. The maximum Gasteiger partial charge on any atom is 0.268 e. The predicted octanol–water partition coefficient (Wildman–Crippen LogP) is 1.82. The van der Waals surface area contributed by atoms with Crippen LogP contribution in [-0.4, -0.2) is 19.9 Å². The molecule has 0 saturated carbocycles. The molecular formula is C13H17NO4S. The quantitative estimate of drug-likeness (QED) is 0.676. The number of hydroxylamine groups is 1. The van der Waals surface area contributed by atoms with Crippen LogP contribution in [0.3, 0.4) is 0 Å². The average molecular weight is 283 g/mol. The van der Waals surface area contributed by atoms with Crippen LogP contribution in [0, 0.1) is 0 Å². The van der Waals surface area contributed by atoms with Crippen molar-refractivity contribution in [3.63, 3.8) is 0 Å². The molecule has 1 amide bonds. The van der Waals surface area contributed by atoms with Crippen LogP contribution < -0.4 is 5.48 Å². The lowest BCUT2D eigenvalue weighted by molar-refractivity contribution is -0.140. The summed E-state index contributed by atoms with van der Waals surface area (Å²) < 4.78 is 23.7. The lowest BCUT2D eigenvalue weighted by atomic mass is 10.2. The first-order chi connectivity index (χ1) is 8.71. The van der Waals surface area contributed by atoms with Gasteiger partial charge < -0.3 is 0 Å². The number of carbonyl (C=O) groups excluding carboxylic acids is 1. The van der Waals surface area contributed by atoms with E-state index in [1.54, 1.807) is 39.0 Å². The summed E-state index contributed by atoms with van der Waals surface area (Å²) in [6, 6.07) is 7.87. The molecule has 19 heavy (non-hydrogen) atoms. The fourth-order valence-electron chi connectivity index (χ4n) is 1.08. The summed E-state index contributed by atoms with van der Waals surface area (Å²) in [5.41, 5.74) is 1.62. The number of benzene rings is 1. The molecule has 0 aliphatic carbocycles. The van der Waals surface area contributed by atoms with Crippen molar-refractivity contribution in [2.24, 2.45) is 0 Å². The third-order valence-electron chi connectivity index (χ3n) is 1.93. The highest BCUT2D eigenvalue weighted by atomic mass is 32.2. The second-order valence-corrected chi connectivity index (χ2v) is 6.68. The number of carbonyl (C=O) groups is 1. The molecule has 6 heteroatoms. The van der Waals surface area contributed by atoms with Gasteiger partial charge >= 0.3 is 0 Å². The zero-order valence-electron chi connectivity index (χ0n) is 11.1. The van der Waals surface area contributed by atoms with Gasteiger partial charge in [0, 0.05) is 11.5 Å². The topological polar surface area (TPSA) is 72.5 Å². The standard InChI is InChI=1S/C13H17NO4S/c1-13(2,3)18-14-12(15)9-10-19(16,17)11-7-5-4-6-8-11/h4-10H,1-3H3,(H,14,15)/b10-9+. The minimum atomic E-state index is -3.61. The normalized spacial score (nSPS) is 12.6. The summed E-state index contributed by atoms with van der Waals surface area (Å²) in [5, 5.41) is 0.851. The monoisotopic (exact) mass is 283 g/mol. The molecular weight excluding hydrogens is 266 g/mol. The van der Waals surface area contributed by atoms with Gasteiger partial charge in [-0.1, -0.05) is 18.2 Å². The SMILES string of the molecule is CC(C)(C)ONC(=O)/C=C/S(=O)(=O)c1ccccc1. The van der Waals surface area contributed by atoms with Crippen LogP contribution in [0.4, 0.5) is 0 Å². The van der Waals surface area contributed by atoms with Gasteiger partial charge in [0.05, 0.1) is 10.5 Å². The minimum Gasteiger partial charge on any atom is -0.268 e. The fraction of sp³-hybridized carbons (Fsp3) is 0.308. The summed E-state index contributed by atoms with van der Waals surface area (Å²) in [6.07, 6.45) is 0.925. The maximum atomic E-state index is 11.8. The molecule has 104 valence electrons. The maximum absolute atomic E-state index is 11.8. The van der Waals surface area contributed by atoms with E-state index in [0.29, 0.717) is 0 Å². The van der Waals surface area contributed by atoms with E-state index < -0.39 is 21.3 Å². The third-order valence-corrected chi connectivity index (χ3v) is 3.35. The van der Waals surface area contributed by atoms with Gasteiger partial charge in [-0.2, -0.15) is 0 Å². The van der Waals surface area contributed by atoms with E-state index in [2.05, 4.69) is 5.48 Å². The molecule has 0 fully saturated rings. The molecule has 0 aliphatic rings. The van der Waals surface area contributed by atoms with E-state index in [9.17, 15) is 13.2 Å². The Labute approximate surface area is 113 Å².